The lowest BCUT2D eigenvalue weighted by molar-refractivity contribution is -0.130. The molecule has 0 rings (SSSR count). The van der Waals surface area contributed by atoms with Crippen LogP contribution in [-0.2, 0) is 4.79 Å². The van der Waals surface area contributed by atoms with Crippen LogP contribution in [0, 0.1) is 17.3 Å². The van der Waals surface area contributed by atoms with E-state index in [4.69, 9.17) is 5.73 Å². The van der Waals surface area contributed by atoms with E-state index in [1.807, 2.05) is 43.4 Å². The summed E-state index contributed by atoms with van der Waals surface area (Å²) in [6, 6.07) is 0. The number of primary amides is 1. The smallest absolute Gasteiger partial charge is 0.226 e. The SMILES string of the molecule is CC#C/C=C\C=C\C[C@@H](O)/C(Br)=C(C)/C=C/C=C\C=C(\C)[C@@H](O)C(C)(C)C(N)=O. The number of aliphatic hydroxyl groups excluding tert-OH is 2. The number of hydrogen-bond acceptors (Lipinski definition) is 3. The van der Waals surface area contributed by atoms with E-state index in [0.717, 1.165) is 10.1 Å². The van der Waals surface area contributed by atoms with Crippen LogP contribution in [0.1, 0.15) is 41.0 Å². The molecule has 2 atom stereocenters. The highest BCUT2D eigenvalue weighted by molar-refractivity contribution is 9.11. The Bertz CT molecular complexity index is 787. The Hall–Kier alpha value is -2.13. The van der Waals surface area contributed by atoms with Gasteiger partial charge in [0.2, 0.25) is 5.91 Å². The second-order valence-electron chi connectivity index (χ2n) is 7.11. The van der Waals surface area contributed by atoms with Crippen LogP contribution < -0.4 is 5.73 Å². The highest BCUT2D eigenvalue weighted by Crippen LogP contribution is 2.25. The minimum absolute atomic E-state index is 0.487. The molecule has 0 saturated carbocycles. The molecule has 0 bridgehead atoms. The fraction of sp³-hybridized carbons (Fsp3) is 0.375. The van der Waals surface area contributed by atoms with Gasteiger partial charge in [0.1, 0.15) is 0 Å². The van der Waals surface area contributed by atoms with Gasteiger partial charge in [0.15, 0.2) is 0 Å². The standard InChI is InChI=1S/C24H32BrNO3/c1-6-7-8-9-10-14-17-20(27)21(25)18(2)15-12-11-13-16-19(3)22(28)24(4,5)23(26)29/h8-16,20,22,27-28H,17H2,1-5H3,(H2,26,29)/b9-8-,13-11-,14-10+,15-12+,19-16-,21-18-/t20-,22-/m1/s1. The normalized spacial score (nSPS) is 16.3. The van der Waals surface area contributed by atoms with Crippen molar-refractivity contribution in [1.29, 1.82) is 0 Å². The van der Waals surface area contributed by atoms with Crippen molar-refractivity contribution >= 4 is 21.8 Å². The lowest BCUT2D eigenvalue weighted by Gasteiger charge is -2.27. The average Bonchev–Trinajstić information content (AvgIpc) is 2.68. The van der Waals surface area contributed by atoms with Crippen molar-refractivity contribution < 1.29 is 15.0 Å². The zero-order valence-corrected chi connectivity index (χ0v) is 19.4. The van der Waals surface area contributed by atoms with Gasteiger partial charge in [-0.3, -0.25) is 4.79 Å². The van der Waals surface area contributed by atoms with Crippen molar-refractivity contribution in [1.82, 2.24) is 0 Å². The molecule has 0 aromatic heterocycles. The molecule has 29 heavy (non-hydrogen) atoms. The van der Waals surface area contributed by atoms with Crippen molar-refractivity contribution in [2.24, 2.45) is 11.1 Å². The second kappa shape index (κ2) is 13.9. The molecule has 0 heterocycles. The molecule has 1 amide bonds. The number of carbonyl (C=O) groups excluding carboxylic acids is 1. The fourth-order valence-electron chi connectivity index (χ4n) is 2.19. The first-order chi connectivity index (χ1) is 13.6. The largest absolute Gasteiger partial charge is 0.388 e. The van der Waals surface area contributed by atoms with E-state index in [2.05, 4.69) is 27.8 Å². The summed E-state index contributed by atoms with van der Waals surface area (Å²) in [5, 5.41) is 20.5. The summed E-state index contributed by atoms with van der Waals surface area (Å²) in [6.07, 6.45) is 15.3. The van der Waals surface area contributed by atoms with E-state index in [1.54, 1.807) is 45.9 Å². The van der Waals surface area contributed by atoms with E-state index in [-0.39, 0.29) is 0 Å². The molecule has 4 N–H and O–H groups in total. The number of carbonyl (C=O) groups is 1. The van der Waals surface area contributed by atoms with Gasteiger partial charge in [0.25, 0.3) is 0 Å². The van der Waals surface area contributed by atoms with Crippen molar-refractivity contribution in [3.05, 3.63) is 70.3 Å². The zero-order chi connectivity index (χ0) is 22.4. The summed E-state index contributed by atoms with van der Waals surface area (Å²) in [6.45, 7) is 8.65. The third kappa shape index (κ3) is 10.3. The molecule has 0 fully saturated rings. The van der Waals surface area contributed by atoms with Crippen molar-refractivity contribution in [2.45, 2.75) is 53.2 Å². The first kappa shape index (κ1) is 26.9. The first-order valence-corrected chi connectivity index (χ1v) is 10.1. The second-order valence-corrected chi connectivity index (χ2v) is 7.96. The maximum atomic E-state index is 11.4. The maximum absolute atomic E-state index is 11.4. The number of amides is 1. The molecular formula is C24H32BrNO3. The van der Waals surface area contributed by atoms with Gasteiger partial charge in [-0.1, -0.05) is 70.5 Å². The van der Waals surface area contributed by atoms with Crippen LogP contribution in [0.4, 0.5) is 0 Å². The van der Waals surface area contributed by atoms with E-state index in [9.17, 15) is 15.0 Å². The molecule has 5 heteroatoms. The Morgan fingerprint density at radius 3 is 2.38 bits per heavy atom. The minimum atomic E-state index is -1.03. The minimum Gasteiger partial charge on any atom is -0.388 e. The number of hydrogen-bond donors (Lipinski definition) is 3. The number of rotatable bonds is 10. The molecule has 0 aliphatic carbocycles. The molecule has 158 valence electrons. The summed E-state index contributed by atoms with van der Waals surface area (Å²) in [5.74, 6) is 5.04. The molecule has 0 unspecified atom stereocenters. The molecule has 0 radical (unpaired) electrons. The summed E-state index contributed by atoms with van der Waals surface area (Å²) in [7, 11) is 0. The van der Waals surface area contributed by atoms with Crippen molar-refractivity contribution in [3.8, 4) is 11.8 Å². The van der Waals surface area contributed by atoms with Gasteiger partial charge in [-0.15, -0.1) is 5.92 Å². The first-order valence-electron chi connectivity index (χ1n) is 9.33. The third-order valence-electron chi connectivity index (χ3n) is 4.28. The van der Waals surface area contributed by atoms with Gasteiger partial charge >= 0.3 is 0 Å². The Morgan fingerprint density at radius 2 is 1.79 bits per heavy atom. The van der Waals surface area contributed by atoms with E-state index in [0.29, 0.717) is 12.0 Å². The van der Waals surface area contributed by atoms with Gasteiger partial charge < -0.3 is 15.9 Å². The van der Waals surface area contributed by atoms with Crippen molar-refractivity contribution in [3.63, 3.8) is 0 Å². The molecular weight excluding hydrogens is 430 g/mol. The number of halogens is 1. The van der Waals surface area contributed by atoms with Crippen LogP contribution in [0.15, 0.2) is 70.3 Å². The molecule has 0 aliphatic rings. The molecule has 4 nitrogen and oxygen atoms in total. The molecule has 0 aliphatic heterocycles. The summed E-state index contributed by atoms with van der Waals surface area (Å²) in [5.41, 5.74) is 5.85. The molecule has 0 spiro atoms. The highest BCUT2D eigenvalue weighted by Gasteiger charge is 2.34. The van der Waals surface area contributed by atoms with Crippen LogP contribution in [0.25, 0.3) is 0 Å². The fourth-order valence-corrected chi connectivity index (χ4v) is 2.50. The lowest BCUT2D eigenvalue weighted by Crippen LogP contribution is -2.42. The summed E-state index contributed by atoms with van der Waals surface area (Å²) >= 11 is 3.44. The van der Waals surface area contributed by atoms with Crippen LogP contribution in [0.5, 0.6) is 0 Å². The van der Waals surface area contributed by atoms with Gasteiger partial charge in [0, 0.05) is 4.48 Å². The topological polar surface area (TPSA) is 83.6 Å². The average molecular weight is 462 g/mol. The van der Waals surface area contributed by atoms with Gasteiger partial charge in [0.05, 0.1) is 17.6 Å². The number of allylic oxidation sites excluding steroid dienone is 9. The molecule has 0 aromatic rings. The van der Waals surface area contributed by atoms with E-state index >= 15 is 0 Å². The van der Waals surface area contributed by atoms with Gasteiger partial charge in [-0.05, 0) is 58.3 Å². The number of aliphatic hydroxyl groups is 2. The van der Waals surface area contributed by atoms with Crippen LogP contribution in [-0.4, -0.2) is 28.3 Å². The lowest BCUT2D eigenvalue weighted by atomic mass is 9.82. The highest BCUT2D eigenvalue weighted by atomic mass is 79.9. The quantitative estimate of drug-likeness (QED) is 0.331. The van der Waals surface area contributed by atoms with Crippen LogP contribution >= 0.6 is 15.9 Å². The zero-order valence-electron chi connectivity index (χ0n) is 17.8. The third-order valence-corrected chi connectivity index (χ3v) is 5.43. The van der Waals surface area contributed by atoms with Crippen LogP contribution in [0.3, 0.4) is 0 Å². The van der Waals surface area contributed by atoms with Gasteiger partial charge in [-0.25, -0.2) is 0 Å². The number of nitrogens with two attached hydrogens (primary N) is 1. The monoisotopic (exact) mass is 461 g/mol. The predicted octanol–water partition coefficient (Wildman–Crippen LogP) is 4.47. The van der Waals surface area contributed by atoms with Crippen molar-refractivity contribution in [2.75, 3.05) is 0 Å². The summed E-state index contributed by atoms with van der Waals surface area (Å²) in [4.78, 5) is 11.4. The van der Waals surface area contributed by atoms with Crippen LogP contribution in [0.2, 0.25) is 0 Å². The predicted molar refractivity (Wildman–Crippen MR) is 125 cm³/mol. The van der Waals surface area contributed by atoms with E-state index < -0.39 is 23.5 Å². The Kier molecular flexibility index (Phi) is 12.9. The maximum Gasteiger partial charge on any atom is 0.226 e. The Labute approximate surface area is 183 Å². The molecule has 0 saturated heterocycles. The molecule has 0 aromatic carbocycles. The van der Waals surface area contributed by atoms with Gasteiger partial charge in [-0.2, -0.15) is 0 Å². The summed E-state index contributed by atoms with van der Waals surface area (Å²) < 4.78 is 0.717. The van der Waals surface area contributed by atoms with E-state index in [1.165, 1.54) is 0 Å². The Balaban J connectivity index is 4.87. The Morgan fingerprint density at radius 1 is 1.14 bits per heavy atom.